The smallest absolute Gasteiger partial charge is 0.0706 e. The van der Waals surface area contributed by atoms with Crippen molar-refractivity contribution in [3.8, 4) is 0 Å². The van der Waals surface area contributed by atoms with Crippen LogP contribution < -0.4 is 10.6 Å². The molecule has 0 saturated carbocycles. The van der Waals surface area contributed by atoms with Gasteiger partial charge in [-0.1, -0.05) is 0 Å². The number of hydrogen-bond donors (Lipinski definition) is 1. The van der Waals surface area contributed by atoms with Crippen LogP contribution in [0.15, 0.2) is 24.3 Å². The van der Waals surface area contributed by atoms with E-state index in [-0.39, 0.29) is 0 Å². The summed E-state index contributed by atoms with van der Waals surface area (Å²) in [6, 6.07) is 8.63. The lowest BCUT2D eigenvalue weighted by Gasteiger charge is -2.14. The molecule has 0 bridgehead atoms. The summed E-state index contributed by atoms with van der Waals surface area (Å²) < 4.78 is 0. The third-order valence-corrected chi connectivity index (χ3v) is 3.26. The predicted octanol–water partition coefficient (Wildman–Crippen LogP) is 2.50. The van der Waals surface area contributed by atoms with Crippen LogP contribution in [0.4, 0.5) is 5.69 Å². The van der Waals surface area contributed by atoms with Gasteiger partial charge in [0.25, 0.3) is 0 Å². The molecule has 0 amide bonds. The average molecular weight is 243 g/mol. The molecule has 3 nitrogen and oxygen atoms in total. The van der Waals surface area contributed by atoms with E-state index in [2.05, 4.69) is 55.2 Å². The van der Waals surface area contributed by atoms with E-state index in [4.69, 9.17) is 5.73 Å². The molecule has 96 valence electrons. The number of rotatable bonds is 4. The van der Waals surface area contributed by atoms with E-state index in [1.165, 1.54) is 16.6 Å². The lowest BCUT2D eigenvalue weighted by atomic mass is 10.0. The van der Waals surface area contributed by atoms with Crippen LogP contribution in [0.2, 0.25) is 0 Å². The van der Waals surface area contributed by atoms with Gasteiger partial charge in [-0.05, 0) is 56.1 Å². The number of hydrogen-bond acceptors (Lipinski definition) is 3. The molecule has 0 aliphatic rings. The molecule has 2 rings (SSSR count). The first-order valence-corrected chi connectivity index (χ1v) is 6.39. The van der Waals surface area contributed by atoms with Crippen LogP contribution in [0.3, 0.4) is 0 Å². The zero-order valence-electron chi connectivity index (χ0n) is 11.4. The fourth-order valence-electron chi connectivity index (χ4n) is 2.13. The average Bonchev–Trinajstić information content (AvgIpc) is 2.35. The summed E-state index contributed by atoms with van der Waals surface area (Å²) in [5.74, 6) is 0. The summed E-state index contributed by atoms with van der Waals surface area (Å²) >= 11 is 0. The number of nitrogens with two attached hydrogens (primary N) is 1. The van der Waals surface area contributed by atoms with E-state index in [0.29, 0.717) is 0 Å². The van der Waals surface area contributed by atoms with Crippen LogP contribution >= 0.6 is 0 Å². The predicted molar refractivity (Wildman–Crippen MR) is 78.2 cm³/mol. The molecule has 0 atom stereocenters. The van der Waals surface area contributed by atoms with E-state index in [1.807, 2.05) is 0 Å². The maximum Gasteiger partial charge on any atom is 0.0706 e. The quantitative estimate of drug-likeness (QED) is 0.897. The van der Waals surface area contributed by atoms with Gasteiger partial charge in [0.05, 0.1) is 5.52 Å². The largest absolute Gasteiger partial charge is 0.378 e. The zero-order valence-corrected chi connectivity index (χ0v) is 11.4. The molecule has 3 heteroatoms. The molecule has 1 heterocycles. The summed E-state index contributed by atoms with van der Waals surface area (Å²) in [7, 11) is 4.11. The molecule has 0 aliphatic heterocycles. The van der Waals surface area contributed by atoms with Crippen molar-refractivity contribution in [2.45, 2.75) is 19.8 Å². The van der Waals surface area contributed by atoms with Crippen molar-refractivity contribution in [1.82, 2.24) is 4.98 Å². The summed E-state index contributed by atoms with van der Waals surface area (Å²) in [6.45, 7) is 2.81. The second-order valence-electron chi connectivity index (χ2n) is 4.90. The Morgan fingerprint density at radius 1 is 1.22 bits per heavy atom. The molecule has 0 spiro atoms. The molecule has 2 N–H and O–H groups in total. The molecule has 0 fully saturated rings. The SMILES string of the molecule is Cc1nc2ccc(N(C)C)cc2cc1CCCN. The van der Waals surface area contributed by atoms with E-state index in [0.717, 1.165) is 30.6 Å². The van der Waals surface area contributed by atoms with Gasteiger partial charge >= 0.3 is 0 Å². The molecule has 2 aromatic rings. The highest BCUT2D eigenvalue weighted by Gasteiger charge is 2.04. The van der Waals surface area contributed by atoms with Crippen molar-refractivity contribution < 1.29 is 0 Å². The third-order valence-electron chi connectivity index (χ3n) is 3.26. The Morgan fingerprint density at radius 3 is 2.67 bits per heavy atom. The topological polar surface area (TPSA) is 42.2 Å². The number of anilines is 1. The van der Waals surface area contributed by atoms with Crippen molar-refractivity contribution in [3.05, 3.63) is 35.5 Å². The molecule has 1 aromatic carbocycles. The van der Waals surface area contributed by atoms with Crippen LogP contribution in [0.1, 0.15) is 17.7 Å². The van der Waals surface area contributed by atoms with Gasteiger partial charge in [-0.2, -0.15) is 0 Å². The fraction of sp³-hybridized carbons (Fsp3) is 0.400. The minimum absolute atomic E-state index is 0.731. The lowest BCUT2D eigenvalue weighted by molar-refractivity contribution is 0.824. The van der Waals surface area contributed by atoms with Gasteiger partial charge in [0.2, 0.25) is 0 Å². The first-order valence-electron chi connectivity index (χ1n) is 6.39. The van der Waals surface area contributed by atoms with Gasteiger partial charge in [0.15, 0.2) is 0 Å². The summed E-state index contributed by atoms with van der Waals surface area (Å²) in [5.41, 5.74) is 10.3. The van der Waals surface area contributed by atoms with Crippen LogP contribution in [0, 0.1) is 6.92 Å². The van der Waals surface area contributed by atoms with Gasteiger partial charge in [0.1, 0.15) is 0 Å². The van der Waals surface area contributed by atoms with Crippen LogP contribution in [-0.2, 0) is 6.42 Å². The first kappa shape index (κ1) is 12.8. The molecule has 18 heavy (non-hydrogen) atoms. The molecular weight excluding hydrogens is 222 g/mol. The number of aryl methyl sites for hydroxylation is 2. The Hall–Kier alpha value is -1.61. The molecule has 0 aliphatic carbocycles. The normalized spacial score (nSPS) is 10.9. The standard InChI is InChI=1S/C15H21N3/c1-11-12(5-4-8-16)9-13-10-14(18(2)3)6-7-15(13)17-11/h6-7,9-10H,4-5,8,16H2,1-3H3. The Kier molecular flexibility index (Phi) is 3.82. The number of pyridine rings is 1. The van der Waals surface area contributed by atoms with Gasteiger partial charge in [-0.15, -0.1) is 0 Å². The highest BCUT2D eigenvalue weighted by molar-refractivity contribution is 5.83. The summed E-state index contributed by atoms with van der Waals surface area (Å²) in [6.07, 6.45) is 2.03. The molecule has 0 unspecified atom stereocenters. The van der Waals surface area contributed by atoms with Crippen molar-refractivity contribution in [1.29, 1.82) is 0 Å². The van der Waals surface area contributed by atoms with Gasteiger partial charge in [0, 0.05) is 30.9 Å². The van der Waals surface area contributed by atoms with Crippen LogP contribution in [0.25, 0.3) is 10.9 Å². The maximum atomic E-state index is 5.58. The van der Waals surface area contributed by atoms with Crippen molar-refractivity contribution >= 4 is 16.6 Å². The minimum Gasteiger partial charge on any atom is -0.378 e. The number of benzene rings is 1. The summed E-state index contributed by atoms with van der Waals surface area (Å²) in [4.78, 5) is 6.78. The lowest BCUT2D eigenvalue weighted by Crippen LogP contribution is -2.08. The van der Waals surface area contributed by atoms with Gasteiger partial charge in [-0.25, -0.2) is 0 Å². The minimum atomic E-state index is 0.731. The number of nitrogens with zero attached hydrogens (tertiary/aromatic N) is 2. The monoisotopic (exact) mass is 243 g/mol. The number of fused-ring (bicyclic) bond motifs is 1. The first-order chi connectivity index (χ1) is 8.61. The Balaban J connectivity index is 2.45. The van der Waals surface area contributed by atoms with E-state index < -0.39 is 0 Å². The van der Waals surface area contributed by atoms with E-state index in [9.17, 15) is 0 Å². The second kappa shape index (κ2) is 5.36. The molecule has 0 saturated heterocycles. The van der Waals surface area contributed by atoms with Crippen LogP contribution in [-0.4, -0.2) is 25.6 Å². The van der Waals surface area contributed by atoms with Gasteiger partial charge in [-0.3, -0.25) is 4.98 Å². The molecule has 0 radical (unpaired) electrons. The fourth-order valence-corrected chi connectivity index (χ4v) is 2.13. The third kappa shape index (κ3) is 2.62. The molecule has 1 aromatic heterocycles. The van der Waals surface area contributed by atoms with Gasteiger partial charge < -0.3 is 10.6 Å². The summed E-state index contributed by atoms with van der Waals surface area (Å²) in [5, 5.41) is 1.21. The second-order valence-corrected chi connectivity index (χ2v) is 4.90. The Labute approximate surface area is 109 Å². The zero-order chi connectivity index (χ0) is 13.1. The number of aromatic nitrogens is 1. The van der Waals surface area contributed by atoms with Crippen molar-refractivity contribution in [3.63, 3.8) is 0 Å². The maximum absolute atomic E-state index is 5.58. The van der Waals surface area contributed by atoms with E-state index >= 15 is 0 Å². The van der Waals surface area contributed by atoms with Crippen molar-refractivity contribution in [2.75, 3.05) is 25.5 Å². The Bertz CT molecular complexity index is 547. The van der Waals surface area contributed by atoms with E-state index in [1.54, 1.807) is 0 Å². The van der Waals surface area contributed by atoms with Crippen LogP contribution in [0.5, 0.6) is 0 Å². The highest BCUT2D eigenvalue weighted by atomic mass is 15.1. The highest BCUT2D eigenvalue weighted by Crippen LogP contribution is 2.22. The Morgan fingerprint density at radius 2 is 2.00 bits per heavy atom. The van der Waals surface area contributed by atoms with Crippen molar-refractivity contribution in [2.24, 2.45) is 5.73 Å². The molecular formula is C15H21N3.